The smallest absolute Gasteiger partial charge is 0.252 e. The molecule has 0 fully saturated rings. The molecular formula is C20H20FN3O3S. The van der Waals surface area contributed by atoms with Crippen molar-refractivity contribution in [3.8, 4) is 0 Å². The van der Waals surface area contributed by atoms with Crippen molar-refractivity contribution in [3.63, 3.8) is 0 Å². The summed E-state index contributed by atoms with van der Waals surface area (Å²) in [4.78, 5) is 17.2. The van der Waals surface area contributed by atoms with Crippen LogP contribution in [0.5, 0.6) is 0 Å². The van der Waals surface area contributed by atoms with E-state index < -0.39 is 15.9 Å². The van der Waals surface area contributed by atoms with E-state index in [0.717, 1.165) is 6.26 Å². The maximum Gasteiger partial charge on any atom is 0.252 e. The van der Waals surface area contributed by atoms with E-state index in [0.29, 0.717) is 22.5 Å². The molecule has 3 rings (SSSR count). The average molecular weight is 401 g/mol. The van der Waals surface area contributed by atoms with Crippen LogP contribution in [0.1, 0.15) is 33.4 Å². The molecule has 0 aliphatic heterocycles. The average Bonchev–Trinajstić information content (AvgIpc) is 3.05. The van der Waals surface area contributed by atoms with E-state index in [1.54, 1.807) is 60.4 Å². The van der Waals surface area contributed by atoms with Gasteiger partial charge < -0.3 is 9.88 Å². The van der Waals surface area contributed by atoms with E-state index in [4.69, 9.17) is 0 Å². The fourth-order valence-corrected chi connectivity index (χ4v) is 3.71. The zero-order valence-corrected chi connectivity index (χ0v) is 16.3. The molecule has 0 aliphatic carbocycles. The third-order valence-electron chi connectivity index (χ3n) is 4.21. The van der Waals surface area contributed by atoms with Crippen LogP contribution >= 0.6 is 0 Å². The summed E-state index contributed by atoms with van der Waals surface area (Å²) in [6, 6.07) is 11.7. The highest BCUT2D eigenvalue weighted by atomic mass is 32.2. The van der Waals surface area contributed by atoms with Crippen LogP contribution < -0.4 is 5.32 Å². The lowest BCUT2D eigenvalue weighted by molar-refractivity contribution is 0.0941. The molecule has 0 radical (unpaired) electrons. The molecule has 146 valence electrons. The first-order chi connectivity index (χ1) is 13.2. The predicted molar refractivity (Wildman–Crippen MR) is 104 cm³/mol. The molecule has 28 heavy (non-hydrogen) atoms. The van der Waals surface area contributed by atoms with Crippen LogP contribution in [0, 0.1) is 5.82 Å². The summed E-state index contributed by atoms with van der Waals surface area (Å²) >= 11 is 0. The number of nitrogens with zero attached hydrogens (tertiary/aromatic N) is 2. The summed E-state index contributed by atoms with van der Waals surface area (Å²) in [5, 5.41) is 2.91. The Kier molecular flexibility index (Phi) is 5.60. The number of hydrogen-bond acceptors (Lipinski definition) is 4. The minimum atomic E-state index is -3.21. The summed E-state index contributed by atoms with van der Waals surface area (Å²) in [6.45, 7) is 0. The molecule has 0 bridgehead atoms. The molecule has 0 spiro atoms. The van der Waals surface area contributed by atoms with Crippen molar-refractivity contribution in [1.29, 1.82) is 0 Å². The molecule has 1 unspecified atom stereocenters. The lowest BCUT2D eigenvalue weighted by Crippen LogP contribution is -2.31. The Morgan fingerprint density at radius 1 is 1.21 bits per heavy atom. The van der Waals surface area contributed by atoms with Crippen LogP contribution in [0.15, 0.2) is 60.9 Å². The highest BCUT2D eigenvalue weighted by molar-refractivity contribution is 7.89. The van der Waals surface area contributed by atoms with Crippen LogP contribution in [-0.4, -0.2) is 30.1 Å². The van der Waals surface area contributed by atoms with Crippen LogP contribution in [0.2, 0.25) is 0 Å². The minimum absolute atomic E-state index is 0.144. The van der Waals surface area contributed by atoms with Crippen molar-refractivity contribution < 1.29 is 17.6 Å². The second kappa shape index (κ2) is 7.93. The maximum absolute atomic E-state index is 13.3. The Hall–Kier alpha value is -3.00. The number of carbonyl (C=O) groups is 1. The van der Waals surface area contributed by atoms with E-state index >= 15 is 0 Å². The second-order valence-corrected chi connectivity index (χ2v) is 8.77. The third kappa shape index (κ3) is 4.83. The zero-order chi connectivity index (χ0) is 20.3. The van der Waals surface area contributed by atoms with Crippen molar-refractivity contribution in [1.82, 2.24) is 14.9 Å². The molecule has 1 N–H and O–H groups in total. The minimum Gasteiger partial charge on any atom is -0.338 e. The molecule has 1 heterocycles. The molecule has 2 aromatic carbocycles. The Balaban J connectivity index is 1.91. The van der Waals surface area contributed by atoms with Crippen molar-refractivity contribution in [2.24, 2.45) is 7.05 Å². The van der Waals surface area contributed by atoms with E-state index in [1.807, 2.05) is 0 Å². The number of aryl methyl sites for hydroxylation is 1. The number of nitrogens with one attached hydrogen (secondary N) is 1. The number of benzene rings is 2. The van der Waals surface area contributed by atoms with E-state index in [1.165, 1.54) is 12.1 Å². The van der Waals surface area contributed by atoms with Gasteiger partial charge in [0, 0.05) is 31.3 Å². The van der Waals surface area contributed by atoms with Crippen LogP contribution in [-0.2, 0) is 22.6 Å². The number of rotatable bonds is 6. The standard InChI is InChI=1S/C20H20FN3O3S/c1-24-11-10-22-19(24)18(15-6-8-17(21)9-7-15)23-20(25)16-5-3-4-14(12-16)13-28(2,26)27/h3-12,18H,13H2,1-2H3,(H,23,25). The Morgan fingerprint density at radius 3 is 2.54 bits per heavy atom. The SMILES string of the molecule is Cn1ccnc1C(NC(=O)c1cccc(CS(C)(=O)=O)c1)c1ccc(F)cc1. The topological polar surface area (TPSA) is 81.1 Å². The van der Waals surface area contributed by atoms with Gasteiger partial charge in [0.1, 0.15) is 17.7 Å². The lowest BCUT2D eigenvalue weighted by atomic mass is 10.0. The number of aromatic nitrogens is 2. The summed E-state index contributed by atoms with van der Waals surface area (Å²) < 4.78 is 38.1. The Labute approximate surface area is 163 Å². The second-order valence-electron chi connectivity index (χ2n) is 6.62. The van der Waals surface area contributed by atoms with Crippen molar-refractivity contribution in [2.45, 2.75) is 11.8 Å². The van der Waals surface area contributed by atoms with Crippen molar-refractivity contribution in [3.05, 3.63) is 89.3 Å². The van der Waals surface area contributed by atoms with Crippen LogP contribution in [0.25, 0.3) is 0 Å². The summed E-state index contributed by atoms with van der Waals surface area (Å²) in [5.41, 5.74) is 1.55. The Bertz CT molecular complexity index is 1090. The highest BCUT2D eigenvalue weighted by Crippen LogP contribution is 2.22. The van der Waals surface area contributed by atoms with Crippen molar-refractivity contribution in [2.75, 3.05) is 6.26 Å². The molecule has 1 atom stereocenters. The van der Waals surface area contributed by atoms with Gasteiger partial charge in [-0.1, -0.05) is 24.3 Å². The lowest BCUT2D eigenvalue weighted by Gasteiger charge is -2.19. The largest absolute Gasteiger partial charge is 0.338 e. The number of halogens is 1. The molecule has 0 aliphatic rings. The van der Waals surface area contributed by atoms with E-state index in [2.05, 4.69) is 10.3 Å². The van der Waals surface area contributed by atoms with E-state index in [9.17, 15) is 17.6 Å². The first-order valence-electron chi connectivity index (χ1n) is 8.53. The fourth-order valence-electron chi connectivity index (χ4n) is 2.93. The number of sulfone groups is 1. The normalized spacial score (nSPS) is 12.5. The van der Waals surface area contributed by atoms with Gasteiger partial charge in [-0.2, -0.15) is 0 Å². The van der Waals surface area contributed by atoms with Gasteiger partial charge in [0.25, 0.3) is 5.91 Å². The number of hydrogen-bond donors (Lipinski definition) is 1. The quantitative estimate of drug-likeness (QED) is 0.689. The predicted octanol–water partition coefficient (Wildman–Crippen LogP) is 2.62. The van der Waals surface area contributed by atoms with Crippen molar-refractivity contribution >= 4 is 15.7 Å². The van der Waals surface area contributed by atoms with Gasteiger partial charge in [-0.3, -0.25) is 4.79 Å². The number of imidazole rings is 1. The first-order valence-corrected chi connectivity index (χ1v) is 10.6. The maximum atomic E-state index is 13.3. The molecular weight excluding hydrogens is 381 g/mol. The van der Waals surface area contributed by atoms with Gasteiger partial charge in [-0.05, 0) is 35.4 Å². The molecule has 0 saturated heterocycles. The van der Waals surface area contributed by atoms with Crippen LogP contribution in [0.3, 0.4) is 0 Å². The molecule has 0 saturated carbocycles. The molecule has 1 amide bonds. The van der Waals surface area contributed by atoms with Gasteiger partial charge in [0.15, 0.2) is 9.84 Å². The number of amides is 1. The molecule has 6 nitrogen and oxygen atoms in total. The monoisotopic (exact) mass is 401 g/mol. The number of carbonyl (C=O) groups excluding carboxylic acids is 1. The third-order valence-corrected chi connectivity index (χ3v) is 5.07. The molecule has 3 aromatic rings. The van der Waals surface area contributed by atoms with Gasteiger partial charge >= 0.3 is 0 Å². The Morgan fingerprint density at radius 2 is 1.93 bits per heavy atom. The summed E-state index contributed by atoms with van der Waals surface area (Å²) in [5.74, 6) is -0.309. The summed E-state index contributed by atoms with van der Waals surface area (Å²) in [7, 11) is -1.41. The van der Waals surface area contributed by atoms with Gasteiger partial charge in [-0.25, -0.2) is 17.8 Å². The fraction of sp³-hybridized carbons (Fsp3) is 0.200. The molecule has 1 aromatic heterocycles. The first kappa shape index (κ1) is 19.8. The molecule has 8 heteroatoms. The highest BCUT2D eigenvalue weighted by Gasteiger charge is 2.22. The van der Waals surface area contributed by atoms with Gasteiger partial charge in [0.05, 0.1) is 5.75 Å². The van der Waals surface area contributed by atoms with Gasteiger partial charge in [0.2, 0.25) is 0 Å². The van der Waals surface area contributed by atoms with E-state index in [-0.39, 0.29) is 17.5 Å². The zero-order valence-electron chi connectivity index (χ0n) is 15.5. The van der Waals surface area contributed by atoms with Gasteiger partial charge in [-0.15, -0.1) is 0 Å². The van der Waals surface area contributed by atoms with Crippen LogP contribution in [0.4, 0.5) is 4.39 Å². The summed E-state index contributed by atoms with van der Waals surface area (Å²) in [6.07, 6.45) is 4.51.